The van der Waals surface area contributed by atoms with E-state index in [0.29, 0.717) is 37.5 Å². The van der Waals surface area contributed by atoms with Crippen molar-refractivity contribution in [2.24, 2.45) is 23.7 Å². The molecule has 522 valence electrons. The van der Waals surface area contributed by atoms with Crippen LogP contribution in [0.5, 0.6) is 0 Å². The Morgan fingerprint density at radius 1 is 0.284 bits per heavy atom. The molecule has 0 aliphatic heterocycles. The van der Waals surface area contributed by atoms with Gasteiger partial charge in [0.25, 0.3) is 0 Å². The SMILES string of the molecule is CC(C)CCCCCCCCCCCCCCCCCC(=O)OC[C@H](COP(=O)(O)OCC(O)COP(=O)(O)OC[C@@H](COC(=O)CCCCCCCCCCC(C)C)OC(=O)CCCCCCCCC(C)C)OC(=O)CCCCCCCCCC(C)C. The fourth-order valence-corrected chi connectivity index (χ4v) is 11.9. The van der Waals surface area contributed by atoms with Crippen molar-refractivity contribution < 1.29 is 80.2 Å². The number of esters is 4. The van der Waals surface area contributed by atoms with Crippen LogP contribution < -0.4 is 0 Å². The lowest BCUT2D eigenvalue weighted by molar-refractivity contribution is -0.161. The summed E-state index contributed by atoms with van der Waals surface area (Å²) in [6, 6.07) is 0. The van der Waals surface area contributed by atoms with Gasteiger partial charge in [0.1, 0.15) is 19.3 Å². The van der Waals surface area contributed by atoms with Gasteiger partial charge in [-0.15, -0.1) is 0 Å². The fraction of sp³-hybridized carbons (Fsp3) is 0.942. The molecule has 0 aromatic heterocycles. The Morgan fingerprint density at radius 3 is 0.705 bits per heavy atom. The van der Waals surface area contributed by atoms with Gasteiger partial charge in [0.15, 0.2) is 12.2 Å². The fourth-order valence-electron chi connectivity index (χ4n) is 10.3. The second-order valence-electron chi connectivity index (χ2n) is 26.8. The molecule has 0 rings (SSSR count). The minimum absolute atomic E-state index is 0.101. The van der Waals surface area contributed by atoms with Crippen LogP contribution in [0.1, 0.15) is 338 Å². The lowest BCUT2D eigenvalue weighted by Gasteiger charge is -2.21. The molecule has 19 heteroatoms. The molecule has 0 amide bonds. The molecule has 88 heavy (non-hydrogen) atoms. The zero-order chi connectivity index (χ0) is 65.4. The number of carbonyl (C=O) groups is 4. The first-order valence-electron chi connectivity index (χ1n) is 35.7. The minimum Gasteiger partial charge on any atom is -0.462 e. The van der Waals surface area contributed by atoms with E-state index < -0.39 is 97.5 Å². The minimum atomic E-state index is -4.95. The van der Waals surface area contributed by atoms with E-state index >= 15 is 0 Å². The summed E-state index contributed by atoms with van der Waals surface area (Å²) in [5.74, 6) is 0.760. The number of rotatable bonds is 66. The number of ether oxygens (including phenoxy) is 4. The Labute approximate surface area is 537 Å². The molecule has 0 aromatic carbocycles. The van der Waals surface area contributed by atoms with Gasteiger partial charge in [-0.2, -0.15) is 0 Å². The second kappa shape index (κ2) is 58.8. The van der Waals surface area contributed by atoms with E-state index in [1.165, 1.54) is 141 Å². The van der Waals surface area contributed by atoms with Crippen molar-refractivity contribution in [1.82, 2.24) is 0 Å². The van der Waals surface area contributed by atoms with Gasteiger partial charge in [0, 0.05) is 25.7 Å². The Bertz CT molecular complexity index is 1750. The van der Waals surface area contributed by atoms with Crippen molar-refractivity contribution in [1.29, 1.82) is 0 Å². The van der Waals surface area contributed by atoms with E-state index in [4.69, 9.17) is 37.0 Å². The predicted molar refractivity (Wildman–Crippen MR) is 354 cm³/mol. The number of phosphoric acid groups is 2. The molecule has 0 saturated heterocycles. The maximum Gasteiger partial charge on any atom is 0.472 e. The normalized spacial score (nSPS) is 14.3. The Balaban J connectivity index is 5.17. The third-order valence-corrected chi connectivity index (χ3v) is 17.7. The van der Waals surface area contributed by atoms with Crippen LogP contribution in [0.3, 0.4) is 0 Å². The molecule has 17 nitrogen and oxygen atoms in total. The van der Waals surface area contributed by atoms with E-state index in [1.807, 2.05) is 0 Å². The van der Waals surface area contributed by atoms with Crippen molar-refractivity contribution >= 4 is 39.5 Å². The molecule has 0 aliphatic rings. The Hall–Kier alpha value is -1.94. The highest BCUT2D eigenvalue weighted by atomic mass is 31.2. The van der Waals surface area contributed by atoms with Gasteiger partial charge in [-0.25, -0.2) is 9.13 Å². The number of hydrogen-bond acceptors (Lipinski definition) is 15. The summed E-state index contributed by atoms with van der Waals surface area (Å²) in [5.41, 5.74) is 0. The number of hydrogen-bond donors (Lipinski definition) is 3. The first-order chi connectivity index (χ1) is 42.1. The lowest BCUT2D eigenvalue weighted by atomic mass is 10.0. The molecule has 0 bridgehead atoms. The number of unbranched alkanes of at least 4 members (excludes halogenated alkanes) is 32. The average molecular weight is 1300 g/mol. The van der Waals surface area contributed by atoms with Gasteiger partial charge in [0.2, 0.25) is 0 Å². The number of carbonyl (C=O) groups excluding carboxylic acids is 4. The molecule has 5 atom stereocenters. The summed E-state index contributed by atoms with van der Waals surface area (Å²) in [6.45, 7) is 14.0. The Morgan fingerprint density at radius 2 is 0.477 bits per heavy atom. The van der Waals surface area contributed by atoms with E-state index in [0.717, 1.165) is 102 Å². The van der Waals surface area contributed by atoms with E-state index in [1.54, 1.807) is 0 Å². The van der Waals surface area contributed by atoms with Crippen LogP contribution in [-0.4, -0.2) is 96.7 Å². The lowest BCUT2D eigenvalue weighted by Crippen LogP contribution is -2.30. The van der Waals surface area contributed by atoms with Crippen LogP contribution in [0.4, 0.5) is 0 Å². The Kier molecular flexibility index (Phi) is 57.6. The van der Waals surface area contributed by atoms with Crippen LogP contribution >= 0.6 is 15.6 Å². The topological polar surface area (TPSA) is 237 Å². The summed E-state index contributed by atoms with van der Waals surface area (Å²) < 4.78 is 68.1. The number of aliphatic hydroxyl groups excluding tert-OH is 1. The summed E-state index contributed by atoms with van der Waals surface area (Å²) in [7, 11) is -9.90. The van der Waals surface area contributed by atoms with Crippen molar-refractivity contribution in [2.45, 2.75) is 356 Å². The quantitative estimate of drug-likeness (QED) is 0.0222. The largest absolute Gasteiger partial charge is 0.472 e. The predicted octanol–water partition coefficient (Wildman–Crippen LogP) is 19.3. The van der Waals surface area contributed by atoms with Crippen LogP contribution in [0.25, 0.3) is 0 Å². The molecule has 0 aromatic rings. The van der Waals surface area contributed by atoms with Crippen molar-refractivity contribution in [3.05, 3.63) is 0 Å². The second-order valence-corrected chi connectivity index (χ2v) is 29.7. The van der Waals surface area contributed by atoms with Crippen molar-refractivity contribution in [3.63, 3.8) is 0 Å². The molecule has 0 radical (unpaired) electrons. The molecule has 0 fully saturated rings. The smallest absolute Gasteiger partial charge is 0.462 e. The maximum absolute atomic E-state index is 13.0. The molecule has 3 unspecified atom stereocenters. The highest BCUT2D eigenvalue weighted by Gasteiger charge is 2.30. The summed E-state index contributed by atoms with van der Waals surface area (Å²) in [5, 5.41) is 10.6. The molecular formula is C69H134O17P2. The average Bonchev–Trinajstić information content (AvgIpc) is 3.33. The molecule has 0 heterocycles. The van der Waals surface area contributed by atoms with E-state index in [-0.39, 0.29) is 25.7 Å². The molecular weight excluding hydrogens is 1160 g/mol. The molecule has 0 spiro atoms. The highest BCUT2D eigenvalue weighted by molar-refractivity contribution is 7.47. The standard InChI is InChI=1S/C69H134O17P2/c1-59(2)45-37-29-21-16-14-12-10-9-11-13-15-17-24-33-41-49-66(71)79-55-64(85-68(73)51-43-35-26-20-23-31-39-47-61(5)6)57-83-87(75,76)81-53-63(70)54-82-88(77,78)84-58-65(86-69(74)52-44-36-28-27-32-40-48-62(7)8)56-80-67(72)50-42-34-25-19-18-22-30-38-46-60(3)4/h59-65,70H,9-58H2,1-8H3,(H,75,76)(H,77,78)/t63?,64-,65-/m1/s1. The van der Waals surface area contributed by atoms with Gasteiger partial charge in [-0.3, -0.25) is 37.3 Å². The third-order valence-electron chi connectivity index (χ3n) is 15.8. The molecule has 3 N–H and O–H groups in total. The van der Waals surface area contributed by atoms with Gasteiger partial charge < -0.3 is 33.8 Å². The van der Waals surface area contributed by atoms with E-state index in [9.17, 15) is 43.2 Å². The molecule has 0 aliphatic carbocycles. The monoisotopic (exact) mass is 1300 g/mol. The summed E-state index contributed by atoms with van der Waals surface area (Å²) in [6.07, 6.45) is 40.7. The highest BCUT2D eigenvalue weighted by Crippen LogP contribution is 2.45. The van der Waals surface area contributed by atoms with Crippen LogP contribution in [0.2, 0.25) is 0 Å². The van der Waals surface area contributed by atoms with Crippen molar-refractivity contribution in [3.8, 4) is 0 Å². The zero-order valence-electron chi connectivity index (χ0n) is 57.3. The van der Waals surface area contributed by atoms with Crippen LogP contribution in [0.15, 0.2) is 0 Å². The number of aliphatic hydroxyl groups is 1. The van der Waals surface area contributed by atoms with Crippen molar-refractivity contribution in [2.75, 3.05) is 39.6 Å². The summed E-state index contributed by atoms with van der Waals surface area (Å²) in [4.78, 5) is 72.4. The summed E-state index contributed by atoms with van der Waals surface area (Å²) >= 11 is 0. The van der Waals surface area contributed by atoms with Gasteiger partial charge >= 0.3 is 39.5 Å². The van der Waals surface area contributed by atoms with Crippen LogP contribution in [-0.2, 0) is 65.4 Å². The van der Waals surface area contributed by atoms with E-state index in [2.05, 4.69) is 55.4 Å². The zero-order valence-corrected chi connectivity index (χ0v) is 59.1. The van der Waals surface area contributed by atoms with Gasteiger partial charge in [-0.05, 0) is 49.4 Å². The first-order valence-corrected chi connectivity index (χ1v) is 38.7. The maximum atomic E-state index is 13.0. The first kappa shape index (κ1) is 86.1. The molecule has 0 saturated carbocycles. The number of phosphoric ester groups is 2. The van der Waals surface area contributed by atoms with Crippen LogP contribution in [0, 0.1) is 23.7 Å². The van der Waals surface area contributed by atoms with Gasteiger partial charge in [0.05, 0.1) is 26.4 Å². The third kappa shape index (κ3) is 62.8. The van der Waals surface area contributed by atoms with Gasteiger partial charge in [-0.1, -0.05) is 287 Å².